The van der Waals surface area contributed by atoms with Crippen molar-refractivity contribution in [2.75, 3.05) is 6.61 Å². The Hall–Kier alpha value is -1.60. The smallest absolute Gasteiger partial charge is 0.311 e. The number of carbonyl (C=O) groups is 1. The van der Waals surface area contributed by atoms with Gasteiger partial charge in [-0.1, -0.05) is 27.7 Å². The lowest BCUT2D eigenvalue weighted by Crippen LogP contribution is -2.41. The molecule has 0 aromatic rings. The Labute approximate surface area is 207 Å². The molecule has 1 atom stereocenters. The summed E-state index contributed by atoms with van der Waals surface area (Å²) in [7, 11) is 0. The van der Waals surface area contributed by atoms with Crippen LogP contribution in [0.15, 0.2) is 10.2 Å². The Balaban J connectivity index is 0. The van der Waals surface area contributed by atoms with Gasteiger partial charge in [0.15, 0.2) is 6.04 Å². The van der Waals surface area contributed by atoms with E-state index in [4.69, 9.17) is 29.5 Å². The van der Waals surface area contributed by atoms with Gasteiger partial charge in [-0.3, -0.25) is 4.79 Å². The molecule has 0 aromatic heterocycles. The summed E-state index contributed by atoms with van der Waals surface area (Å²) < 4.78 is 4.94. The second-order valence-electron chi connectivity index (χ2n) is 10.9. The van der Waals surface area contributed by atoms with E-state index in [0.717, 1.165) is 12.8 Å². The second-order valence-corrected chi connectivity index (χ2v) is 10.9. The molecule has 34 heavy (non-hydrogen) atoms. The highest BCUT2D eigenvalue weighted by molar-refractivity contribution is 5.70. The predicted molar refractivity (Wildman–Crippen MR) is 132 cm³/mol. The van der Waals surface area contributed by atoms with Crippen molar-refractivity contribution >= 4 is 5.97 Å². The van der Waals surface area contributed by atoms with Crippen LogP contribution in [0.4, 0.5) is 0 Å². The molecule has 0 saturated heterocycles. The fourth-order valence-corrected chi connectivity index (χ4v) is 1.61. The van der Waals surface area contributed by atoms with Gasteiger partial charge in [-0.15, -0.1) is 0 Å². The van der Waals surface area contributed by atoms with E-state index in [1.165, 1.54) is 0 Å². The molecule has 1 unspecified atom stereocenters. The molecule has 0 aliphatic rings. The highest BCUT2D eigenvalue weighted by atomic mass is 17.3. The molecule has 0 aliphatic carbocycles. The first-order chi connectivity index (χ1) is 15.4. The van der Waals surface area contributed by atoms with Crippen LogP contribution in [-0.2, 0) is 29.1 Å². The molecular weight excluding hydrogens is 438 g/mol. The van der Waals surface area contributed by atoms with E-state index in [0.29, 0.717) is 0 Å². The predicted octanol–water partition coefficient (Wildman–Crippen LogP) is 6.71. The number of nitriles is 1. The van der Waals surface area contributed by atoms with Gasteiger partial charge in [0, 0.05) is 0 Å². The number of rotatable bonds is 13. The van der Waals surface area contributed by atoms with Crippen LogP contribution in [-0.4, -0.2) is 41.1 Å². The minimum absolute atomic E-state index is 0.138. The molecule has 0 amide bonds. The lowest BCUT2D eigenvalue weighted by Gasteiger charge is -2.33. The number of esters is 1. The van der Waals surface area contributed by atoms with E-state index < -0.39 is 23.0 Å². The van der Waals surface area contributed by atoms with Crippen molar-refractivity contribution in [1.82, 2.24) is 0 Å². The maximum atomic E-state index is 11.8. The molecule has 200 valence electrons. The largest absolute Gasteiger partial charge is 0.466 e. The number of carbonyl (C=O) groups excluding carboxylic acids is 1. The monoisotopic (exact) mass is 487 g/mol. The fourth-order valence-electron chi connectivity index (χ4n) is 1.61. The Morgan fingerprint density at radius 1 is 0.853 bits per heavy atom. The molecule has 0 bridgehead atoms. The zero-order chi connectivity index (χ0) is 27.2. The summed E-state index contributed by atoms with van der Waals surface area (Å²) in [4.78, 5) is 33.4. The third-order valence-corrected chi connectivity index (χ3v) is 4.61. The summed E-state index contributed by atoms with van der Waals surface area (Å²) in [5.74, 6) is -1.59. The van der Waals surface area contributed by atoms with Crippen molar-refractivity contribution < 1.29 is 29.1 Å². The van der Waals surface area contributed by atoms with Crippen molar-refractivity contribution in [2.45, 2.75) is 138 Å². The van der Waals surface area contributed by atoms with Gasteiger partial charge in [-0.2, -0.15) is 25.3 Å². The molecule has 0 heterocycles. The number of nitrogens with zero attached hydrogens (tertiary/aromatic N) is 3. The van der Waals surface area contributed by atoms with E-state index in [1.807, 2.05) is 76.2 Å². The quantitative estimate of drug-likeness (QED) is 0.0932. The van der Waals surface area contributed by atoms with Crippen LogP contribution in [0.1, 0.15) is 109 Å². The molecule has 0 radical (unpaired) electrons. The van der Waals surface area contributed by atoms with Crippen LogP contribution in [0.3, 0.4) is 0 Å². The number of hydrogen-bond acceptors (Lipinski definition) is 9. The molecule has 9 heteroatoms. The zero-order valence-electron chi connectivity index (χ0n) is 23.8. The Bertz CT molecular complexity index is 628. The standard InChI is InChI=1S/C16H32O6.C9H17N3/c1-9-14(4,5)19-21-16(8,12-13(17)18-11-3)22-20-15(6,7)10-2;1-7(2)8(6-10)11-12-9(3,4)5/h9-12H2,1-8H3;7-8H,1-5H3. The highest BCUT2D eigenvalue weighted by Gasteiger charge is 2.37. The van der Waals surface area contributed by atoms with E-state index >= 15 is 0 Å². The molecule has 0 rings (SSSR count). The molecule has 0 aliphatic heterocycles. The van der Waals surface area contributed by atoms with Crippen molar-refractivity contribution in [1.29, 1.82) is 5.26 Å². The average molecular weight is 488 g/mol. The first-order valence-electron chi connectivity index (χ1n) is 12.1. The minimum Gasteiger partial charge on any atom is -0.466 e. The zero-order valence-corrected chi connectivity index (χ0v) is 23.8. The summed E-state index contributed by atoms with van der Waals surface area (Å²) in [5, 5.41) is 16.7. The molecular formula is C25H49N3O6. The average Bonchev–Trinajstić information content (AvgIpc) is 2.71. The van der Waals surface area contributed by atoms with Gasteiger partial charge >= 0.3 is 5.97 Å². The number of azo groups is 1. The van der Waals surface area contributed by atoms with Gasteiger partial charge in [0.25, 0.3) is 0 Å². The Morgan fingerprint density at radius 3 is 1.59 bits per heavy atom. The Morgan fingerprint density at radius 2 is 1.29 bits per heavy atom. The van der Waals surface area contributed by atoms with Crippen LogP contribution >= 0.6 is 0 Å². The van der Waals surface area contributed by atoms with Crippen LogP contribution < -0.4 is 0 Å². The molecule has 0 N–H and O–H groups in total. The number of hydrogen-bond donors (Lipinski definition) is 0. The molecule has 0 spiro atoms. The summed E-state index contributed by atoms with van der Waals surface area (Å²) >= 11 is 0. The third kappa shape index (κ3) is 17.8. The fraction of sp³-hybridized carbons (Fsp3) is 0.920. The van der Waals surface area contributed by atoms with E-state index in [-0.39, 0.29) is 30.5 Å². The SMILES string of the molecule is CC(C)C(C#N)N=NC(C)(C)C.CCOC(=O)CC(C)(OOC(C)(C)CC)OOC(C)(C)CC. The van der Waals surface area contributed by atoms with Crippen LogP contribution in [0, 0.1) is 17.2 Å². The van der Waals surface area contributed by atoms with Crippen LogP contribution in [0.5, 0.6) is 0 Å². The van der Waals surface area contributed by atoms with Gasteiger partial charge < -0.3 is 4.74 Å². The van der Waals surface area contributed by atoms with Crippen molar-refractivity contribution in [3.05, 3.63) is 0 Å². The third-order valence-electron chi connectivity index (χ3n) is 4.61. The topological polar surface area (TPSA) is 112 Å². The van der Waals surface area contributed by atoms with Gasteiger partial charge in [-0.25, -0.2) is 9.78 Å². The van der Waals surface area contributed by atoms with Gasteiger partial charge in [0.2, 0.25) is 5.79 Å². The first-order valence-corrected chi connectivity index (χ1v) is 12.1. The van der Waals surface area contributed by atoms with Crippen LogP contribution in [0.2, 0.25) is 0 Å². The molecule has 0 saturated carbocycles. The highest BCUT2D eigenvalue weighted by Crippen LogP contribution is 2.27. The van der Waals surface area contributed by atoms with Crippen molar-refractivity contribution in [3.8, 4) is 6.07 Å². The number of ether oxygens (including phenoxy) is 1. The first kappa shape index (κ1) is 34.6. The van der Waals surface area contributed by atoms with Crippen LogP contribution in [0.25, 0.3) is 0 Å². The Kier molecular flexibility index (Phi) is 15.7. The summed E-state index contributed by atoms with van der Waals surface area (Å²) in [5.41, 5.74) is -1.18. The maximum absolute atomic E-state index is 11.8. The van der Waals surface area contributed by atoms with E-state index in [2.05, 4.69) is 16.3 Å². The van der Waals surface area contributed by atoms with E-state index in [1.54, 1.807) is 13.8 Å². The maximum Gasteiger partial charge on any atom is 0.311 e. The van der Waals surface area contributed by atoms with Gasteiger partial charge in [0.1, 0.15) is 6.42 Å². The lowest BCUT2D eigenvalue weighted by atomic mass is 10.1. The molecule has 0 fully saturated rings. The van der Waals surface area contributed by atoms with Crippen molar-refractivity contribution in [2.24, 2.45) is 16.1 Å². The van der Waals surface area contributed by atoms with Crippen molar-refractivity contribution in [3.63, 3.8) is 0 Å². The summed E-state index contributed by atoms with van der Waals surface area (Å²) in [6.07, 6.45) is 1.34. The second kappa shape index (κ2) is 15.4. The summed E-state index contributed by atoms with van der Waals surface area (Å²) in [6.45, 7) is 24.9. The lowest BCUT2D eigenvalue weighted by molar-refractivity contribution is -0.538. The molecule has 0 aromatic carbocycles. The minimum atomic E-state index is -1.38. The van der Waals surface area contributed by atoms with Gasteiger partial charge in [0.05, 0.1) is 29.4 Å². The summed E-state index contributed by atoms with van der Waals surface area (Å²) in [6, 6.07) is 1.81. The van der Waals surface area contributed by atoms with Gasteiger partial charge in [-0.05, 0) is 81.1 Å². The normalized spacial score (nSPS) is 13.9. The van der Waals surface area contributed by atoms with E-state index in [9.17, 15) is 4.79 Å². The molecule has 9 nitrogen and oxygen atoms in total.